The minimum absolute atomic E-state index is 0.178. The van der Waals surface area contributed by atoms with Crippen LogP contribution in [-0.2, 0) is 14.9 Å². The molecule has 0 spiro atoms. The van der Waals surface area contributed by atoms with E-state index in [1.165, 1.54) is 6.42 Å². The number of anilines is 1. The largest absolute Gasteiger partial charge is 0.384 e. The molecule has 0 aliphatic heterocycles. The van der Waals surface area contributed by atoms with Crippen molar-refractivity contribution in [3.8, 4) is 0 Å². The van der Waals surface area contributed by atoms with Crippen molar-refractivity contribution in [3.63, 3.8) is 0 Å². The van der Waals surface area contributed by atoms with E-state index in [9.17, 15) is 13.9 Å². The summed E-state index contributed by atoms with van der Waals surface area (Å²) in [5, 5.41) is 6.92. The smallest absolute Gasteiger partial charge is 0.251 e. The first kappa shape index (κ1) is 21.6. The highest BCUT2D eigenvalue weighted by atomic mass is 32.3. The lowest BCUT2D eigenvalue weighted by atomic mass is 9.72. The van der Waals surface area contributed by atoms with Crippen molar-refractivity contribution in [1.29, 1.82) is 0 Å². The van der Waals surface area contributed by atoms with Crippen LogP contribution in [0.1, 0.15) is 70.9 Å². The van der Waals surface area contributed by atoms with Crippen molar-refractivity contribution in [1.82, 2.24) is 5.16 Å². The first-order chi connectivity index (χ1) is 13.2. The molecule has 2 aliphatic carbocycles. The average Bonchev–Trinajstić information content (AvgIpc) is 3.08. The first-order valence-electron chi connectivity index (χ1n) is 10.2. The number of carbonyl (C=O) groups is 1. The Labute approximate surface area is 168 Å². The average molecular weight is 415 g/mol. The molecule has 3 rings (SSSR count). The molecule has 1 amide bonds. The number of nitrogens with zero attached hydrogens (tertiary/aromatic N) is 1. The molecule has 1 heterocycles. The Bertz CT molecular complexity index is 672. The Morgan fingerprint density at radius 2 is 2.00 bits per heavy atom. The molecule has 0 unspecified atom stereocenters. The van der Waals surface area contributed by atoms with Crippen molar-refractivity contribution in [2.45, 2.75) is 75.4 Å². The molecule has 8 heteroatoms. The zero-order valence-electron chi connectivity index (χ0n) is 17.2. The van der Waals surface area contributed by atoms with E-state index < -0.39 is 21.2 Å². The zero-order valence-corrected chi connectivity index (χ0v) is 18.0. The maximum atomic E-state index is 12.8. The number of nitrogens with one attached hydrogen (secondary N) is 1. The van der Waals surface area contributed by atoms with Crippen molar-refractivity contribution in [3.05, 3.63) is 11.8 Å². The van der Waals surface area contributed by atoms with Gasteiger partial charge in [0.1, 0.15) is 4.75 Å². The highest BCUT2D eigenvalue weighted by molar-refractivity contribution is 8.26. The molecule has 1 aromatic heterocycles. The maximum absolute atomic E-state index is 12.8. The van der Waals surface area contributed by atoms with Crippen LogP contribution in [0, 0.1) is 5.92 Å². The summed E-state index contributed by atoms with van der Waals surface area (Å²) in [4.78, 5) is 12.8. The molecule has 7 nitrogen and oxygen atoms in total. The quantitative estimate of drug-likeness (QED) is 0.565. The molecule has 2 fully saturated rings. The first-order valence-corrected chi connectivity index (χ1v) is 11.9. The summed E-state index contributed by atoms with van der Waals surface area (Å²) < 4.78 is 30.9. The molecule has 0 aromatic carbocycles. The van der Waals surface area contributed by atoms with Crippen LogP contribution in [0.25, 0.3) is 0 Å². The van der Waals surface area contributed by atoms with E-state index in [-0.39, 0.29) is 17.1 Å². The van der Waals surface area contributed by atoms with Gasteiger partial charge in [0.25, 0.3) is 5.91 Å². The van der Waals surface area contributed by atoms with Gasteiger partial charge in [-0.2, -0.15) is 10.6 Å². The van der Waals surface area contributed by atoms with E-state index in [2.05, 4.69) is 10.5 Å². The van der Waals surface area contributed by atoms with Gasteiger partial charge < -0.3 is 9.26 Å². The van der Waals surface area contributed by atoms with Crippen molar-refractivity contribution >= 4 is 22.4 Å². The van der Waals surface area contributed by atoms with Gasteiger partial charge >= 0.3 is 0 Å². The van der Waals surface area contributed by atoms with Crippen LogP contribution >= 0.6 is 10.6 Å². The number of amides is 1. The summed E-state index contributed by atoms with van der Waals surface area (Å²) >= 11 is 0. The molecule has 0 saturated heterocycles. The SMILES string of the molecule is COCC1(c2cc(NC(=O)C(C)(C)S(O)(O)CC3CCC3)on2)CCCCC1. The van der Waals surface area contributed by atoms with Gasteiger partial charge in [0.05, 0.1) is 12.3 Å². The van der Waals surface area contributed by atoms with Gasteiger partial charge in [0, 0.05) is 24.3 Å². The summed E-state index contributed by atoms with van der Waals surface area (Å²) in [5.74, 6) is 0.368. The molecule has 28 heavy (non-hydrogen) atoms. The van der Waals surface area contributed by atoms with Crippen LogP contribution in [-0.4, -0.2) is 44.4 Å². The summed E-state index contributed by atoms with van der Waals surface area (Å²) in [5.41, 5.74) is 0.616. The number of carbonyl (C=O) groups excluding carboxylic acids is 1. The minimum atomic E-state index is -3.07. The number of ether oxygens (including phenoxy) is 1. The minimum Gasteiger partial charge on any atom is -0.384 e. The number of aromatic nitrogens is 1. The van der Waals surface area contributed by atoms with E-state index in [0.717, 1.165) is 50.6 Å². The second-order valence-electron chi connectivity index (χ2n) is 8.95. The Morgan fingerprint density at radius 3 is 2.57 bits per heavy atom. The molecule has 2 aliphatic rings. The fourth-order valence-electron chi connectivity index (χ4n) is 4.17. The van der Waals surface area contributed by atoms with Gasteiger partial charge in [0.15, 0.2) is 0 Å². The van der Waals surface area contributed by atoms with Gasteiger partial charge in [-0.3, -0.25) is 19.2 Å². The summed E-state index contributed by atoms with van der Waals surface area (Å²) in [6, 6.07) is 1.76. The molecular formula is C20H34N2O5S. The molecule has 1 aromatic rings. The van der Waals surface area contributed by atoms with Crippen LogP contribution in [0.4, 0.5) is 5.88 Å². The third-order valence-corrected chi connectivity index (χ3v) is 9.33. The Balaban J connectivity index is 1.70. The predicted octanol–water partition coefficient (Wildman–Crippen LogP) is 4.79. The molecule has 0 bridgehead atoms. The van der Waals surface area contributed by atoms with Gasteiger partial charge in [-0.1, -0.05) is 30.8 Å². The lowest BCUT2D eigenvalue weighted by Gasteiger charge is -2.48. The highest BCUT2D eigenvalue weighted by Crippen LogP contribution is 2.55. The van der Waals surface area contributed by atoms with Gasteiger partial charge in [-0.05, 0) is 45.4 Å². The summed E-state index contributed by atoms with van der Waals surface area (Å²) in [6.07, 6.45) is 8.53. The normalized spacial score (nSPS) is 21.2. The van der Waals surface area contributed by atoms with Crippen molar-refractivity contribution < 1.29 is 23.2 Å². The molecule has 0 radical (unpaired) electrons. The monoisotopic (exact) mass is 414 g/mol. The number of hydrogen-bond donors (Lipinski definition) is 3. The Hall–Kier alpha value is -1.09. The number of rotatable bonds is 8. The van der Waals surface area contributed by atoms with Crippen LogP contribution in [0.15, 0.2) is 10.6 Å². The van der Waals surface area contributed by atoms with E-state index in [4.69, 9.17) is 9.26 Å². The van der Waals surface area contributed by atoms with E-state index in [1.54, 1.807) is 27.0 Å². The van der Waals surface area contributed by atoms with Crippen molar-refractivity contribution in [2.75, 3.05) is 24.8 Å². The topological polar surface area (TPSA) is 105 Å². The molecular weight excluding hydrogens is 380 g/mol. The molecule has 2 saturated carbocycles. The predicted molar refractivity (Wildman–Crippen MR) is 111 cm³/mol. The highest BCUT2D eigenvalue weighted by Gasteiger charge is 2.44. The molecule has 0 atom stereocenters. The lowest BCUT2D eigenvalue weighted by Crippen LogP contribution is -2.44. The standard InChI is InChI=1S/C20H34N2O5S/c1-19(2,28(24,25)13-15-8-7-9-15)18(23)21-17-12-16(22-27-17)20(14-26-3)10-5-4-6-11-20/h12,15,24-25H,4-11,13-14H2,1-3H3,(H,21,23). The summed E-state index contributed by atoms with van der Waals surface area (Å²) in [7, 11) is -1.38. The maximum Gasteiger partial charge on any atom is 0.251 e. The van der Waals surface area contributed by atoms with E-state index >= 15 is 0 Å². The van der Waals surface area contributed by atoms with Gasteiger partial charge in [-0.15, -0.1) is 0 Å². The van der Waals surface area contributed by atoms with Crippen LogP contribution in [0.5, 0.6) is 0 Å². The van der Waals surface area contributed by atoms with Crippen LogP contribution in [0.2, 0.25) is 0 Å². The summed E-state index contributed by atoms with van der Waals surface area (Å²) in [6.45, 7) is 3.74. The zero-order chi connectivity index (χ0) is 20.4. The fraction of sp³-hybridized carbons (Fsp3) is 0.800. The fourth-order valence-corrected chi connectivity index (χ4v) is 5.93. The number of hydrogen-bond acceptors (Lipinski definition) is 6. The third kappa shape index (κ3) is 4.25. The van der Waals surface area contributed by atoms with Crippen LogP contribution < -0.4 is 5.32 Å². The molecule has 3 N–H and O–H groups in total. The molecule has 160 valence electrons. The Morgan fingerprint density at radius 1 is 1.32 bits per heavy atom. The second-order valence-corrected chi connectivity index (χ2v) is 11.6. The van der Waals surface area contributed by atoms with E-state index in [0.29, 0.717) is 12.5 Å². The number of methoxy groups -OCH3 is 1. The van der Waals surface area contributed by atoms with Gasteiger partial charge in [-0.25, -0.2) is 0 Å². The lowest BCUT2D eigenvalue weighted by molar-refractivity contribution is -0.118. The van der Waals surface area contributed by atoms with Gasteiger partial charge in [0.2, 0.25) is 5.88 Å². The third-order valence-electron chi connectivity index (χ3n) is 6.58. The van der Waals surface area contributed by atoms with Crippen molar-refractivity contribution in [2.24, 2.45) is 5.92 Å². The second kappa shape index (κ2) is 8.34. The van der Waals surface area contributed by atoms with Crippen LogP contribution in [0.3, 0.4) is 0 Å². The van der Waals surface area contributed by atoms with E-state index in [1.807, 2.05) is 0 Å². The Kier molecular flexibility index (Phi) is 6.44.